The maximum Gasteiger partial charge on any atom is 0.378 e. The Bertz CT molecular complexity index is 363. The molecule has 3 N–H and O–H groups in total. The summed E-state index contributed by atoms with van der Waals surface area (Å²) in [5, 5.41) is 28.1. The number of carbonyl (C=O) groups is 2. The lowest BCUT2D eigenvalue weighted by molar-refractivity contribution is -0.314. The van der Waals surface area contributed by atoms with E-state index in [4.69, 9.17) is 9.99 Å². The zero-order valence-corrected chi connectivity index (χ0v) is 10.4. The molecule has 1 aliphatic heterocycles. The Hall–Kier alpha value is -1.02. The molecule has 2 aliphatic rings. The SMILES string of the molecule is O=C1O[C@](C2CCCCC2)([C@@H](O)CO)C(OO)C1=O. The highest BCUT2D eigenvalue weighted by atomic mass is 17.1. The lowest BCUT2D eigenvalue weighted by Gasteiger charge is -2.42. The van der Waals surface area contributed by atoms with Crippen molar-refractivity contribution in [1.82, 2.24) is 0 Å². The lowest BCUT2D eigenvalue weighted by atomic mass is 9.71. The molecule has 0 aromatic rings. The standard InChI is InChI=1S/C12H18O7/c13-6-8(14)12(7-4-2-1-3-5-7)10(19-17)9(15)11(16)18-12/h7-8,10,13-14,17H,1-6H2/t8-,10?,12+/m0/s1. The molecule has 0 radical (unpaired) electrons. The van der Waals surface area contributed by atoms with Crippen LogP contribution in [0.2, 0.25) is 0 Å². The average molecular weight is 274 g/mol. The normalized spacial score (nSPS) is 34.4. The van der Waals surface area contributed by atoms with Gasteiger partial charge in [-0.15, -0.1) is 0 Å². The topological polar surface area (TPSA) is 113 Å². The van der Waals surface area contributed by atoms with Crippen LogP contribution in [-0.4, -0.2) is 51.6 Å². The van der Waals surface area contributed by atoms with Crippen molar-refractivity contribution < 1.29 is 34.7 Å². The molecular weight excluding hydrogens is 256 g/mol. The van der Waals surface area contributed by atoms with Gasteiger partial charge in [0.1, 0.15) is 6.10 Å². The fourth-order valence-corrected chi connectivity index (χ4v) is 3.22. The number of aliphatic hydroxyl groups excluding tert-OH is 2. The number of hydrogen-bond acceptors (Lipinski definition) is 7. The molecule has 1 unspecified atom stereocenters. The largest absolute Gasteiger partial charge is 0.447 e. The van der Waals surface area contributed by atoms with Gasteiger partial charge in [-0.1, -0.05) is 19.3 Å². The number of cyclic esters (lactones) is 1. The second kappa shape index (κ2) is 5.54. The van der Waals surface area contributed by atoms with Gasteiger partial charge in [0, 0.05) is 5.92 Å². The summed E-state index contributed by atoms with van der Waals surface area (Å²) >= 11 is 0. The Balaban J connectivity index is 2.38. The Morgan fingerprint density at radius 1 is 1.32 bits per heavy atom. The molecule has 2 fully saturated rings. The molecular formula is C12H18O7. The molecule has 3 atom stereocenters. The van der Waals surface area contributed by atoms with Crippen molar-refractivity contribution in [1.29, 1.82) is 0 Å². The van der Waals surface area contributed by atoms with Crippen LogP contribution in [-0.2, 0) is 19.2 Å². The zero-order valence-electron chi connectivity index (χ0n) is 10.4. The van der Waals surface area contributed by atoms with Crippen LogP contribution in [0.1, 0.15) is 32.1 Å². The summed E-state index contributed by atoms with van der Waals surface area (Å²) in [6, 6.07) is 0. The van der Waals surface area contributed by atoms with E-state index in [1.54, 1.807) is 0 Å². The fourth-order valence-electron chi connectivity index (χ4n) is 3.22. The maximum absolute atomic E-state index is 11.7. The third-order valence-electron chi connectivity index (χ3n) is 4.16. The Morgan fingerprint density at radius 3 is 2.47 bits per heavy atom. The van der Waals surface area contributed by atoms with Crippen molar-refractivity contribution in [2.75, 3.05) is 6.61 Å². The van der Waals surface area contributed by atoms with Gasteiger partial charge in [0.2, 0.25) is 6.10 Å². The van der Waals surface area contributed by atoms with Gasteiger partial charge in [-0.3, -0.25) is 10.1 Å². The minimum absolute atomic E-state index is 0.323. The van der Waals surface area contributed by atoms with Crippen LogP contribution in [0.15, 0.2) is 0 Å². The number of esters is 1. The van der Waals surface area contributed by atoms with Crippen LogP contribution in [0, 0.1) is 5.92 Å². The van der Waals surface area contributed by atoms with E-state index in [9.17, 15) is 19.8 Å². The monoisotopic (exact) mass is 274 g/mol. The van der Waals surface area contributed by atoms with Crippen molar-refractivity contribution in [3.63, 3.8) is 0 Å². The molecule has 1 heterocycles. The first-order chi connectivity index (χ1) is 9.07. The first kappa shape index (κ1) is 14.4. The molecule has 7 nitrogen and oxygen atoms in total. The minimum atomic E-state index is -1.68. The van der Waals surface area contributed by atoms with Crippen LogP contribution in [0.5, 0.6) is 0 Å². The highest BCUT2D eigenvalue weighted by Crippen LogP contribution is 2.44. The quantitative estimate of drug-likeness (QED) is 0.278. The summed E-state index contributed by atoms with van der Waals surface area (Å²) < 4.78 is 5.07. The van der Waals surface area contributed by atoms with Crippen molar-refractivity contribution >= 4 is 11.8 Å². The molecule has 0 bridgehead atoms. The van der Waals surface area contributed by atoms with Crippen LogP contribution in [0.25, 0.3) is 0 Å². The van der Waals surface area contributed by atoms with E-state index in [2.05, 4.69) is 4.89 Å². The molecule has 0 aromatic carbocycles. The second-order valence-corrected chi connectivity index (χ2v) is 5.13. The zero-order chi connectivity index (χ0) is 14.0. The van der Waals surface area contributed by atoms with E-state index in [-0.39, 0.29) is 5.92 Å². The number of ether oxygens (including phenoxy) is 1. The van der Waals surface area contributed by atoms with E-state index >= 15 is 0 Å². The number of ketones is 1. The van der Waals surface area contributed by atoms with Gasteiger partial charge in [0.05, 0.1) is 6.61 Å². The van der Waals surface area contributed by atoms with Crippen LogP contribution in [0.4, 0.5) is 0 Å². The summed E-state index contributed by atoms with van der Waals surface area (Å²) in [6.07, 6.45) is 0.986. The van der Waals surface area contributed by atoms with Gasteiger partial charge in [-0.05, 0) is 12.8 Å². The number of aliphatic hydroxyl groups is 2. The lowest BCUT2D eigenvalue weighted by Crippen LogP contribution is -2.59. The fraction of sp³-hybridized carbons (Fsp3) is 0.833. The molecule has 0 aromatic heterocycles. The van der Waals surface area contributed by atoms with Gasteiger partial charge in [-0.2, -0.15) is 0 Å². The van der Waals surface area contributed by atoms with Crippen molar-refractivity contribution in [2.45, 2.75) is 49.9 Å². The number of rotatable bonds is 4. The van der Waals surface area contributed by atoms with Crippen molar-refractivity contribution in [3.8, 4) is 0 Å². The Kier molecular flexibility index (Phi) is 4.19. The molecule has 1 saturated heterocycles. The number of Topliss-reactive ketones (excluding diaryl/α,β-unsaturated/α-hetero) is 1. The van der Waals surface area contributed by atoms with Gasteiger partial charge >= 0.3 is 5.97 Å². The molecule has 0 amide bonds. The molecule has 1 saturated carbocycles. The summed E-state index contributed by atoms with van der Waals surface area (Å²) in [5.74, 6) is -2.49. The first-order valence-electron chi connectivity index (χ1n) is 6.44. The molecule has 0 spiro atoms. The summed E-state index contributed by atoms with van der Waals surface area (Å²) in [5.41, 5.74) is -1.68. The first-order valence-corrected chi connectivity index (χ1v) is 6.44. The number of carbonyl (C=O) groups excluding carboxylic acids is 2. The molecule has 2 rings (SSSR count). The smallest absolute Gasteiger partial charge is 0.378 e. The summed E-state index contributed by atoms with van der Waals surface area (Å²) in [4.78, 5) is 27.2. The summed E-state index contributed by atoms with van der Waals surface area (Å²) in [6.45, 7) is -0.684. The van der Waals surface area contributed by atoms with E-state index in [0.29, 0.717) is 12.8 Å². The minimum Gasteiger partial charge on any atom is -0.447 e. The predicted molar refractivity (Wildman–Crippen MR) is 61.0 cm³/mol. The van der Waals surface area contributed by atoms with Crippen molar-refractivity contribution in [3.05, 3.63) is 0 Å². The van der Waals surface area contributed by atoms with Crippen LogP contribution >= 0.6 is 0 Å². The van der Waals surface area contributed by atoms with Crippen molar-refractivity contribution in [2.24, 2.45) is 5.92 Å². The van der Waals surface area contributed by atoms with Gasteiger partial charge in [0.15, 0.2) is 5.60 Å². The molecule has 19 heavy (non-hydrogen) atoms. The summed E-state index contributed by atoms with van der Waals surface area (Å²) in [7, 11) is 0. The van der Waals surface area contributed by atoms with E-state index in [1.807, 2.05) is 0 Å². The van der Waals surface area contributed by atoms with Crippen LogP contribution in [0.3, 0.4) is 0 Å². The van der Waals surface area contributed by atoms with E-state index < -0.39 is 36.2 Å². The highest BCUT2D eigenvalue weighted by Gasteiger charge is 2.64. The van der Waals surface area contributed by atoms with Crippen LogP contribution < -0.4 is 0 Å². The predicted octanol–water partition coefficient (Wildman–Crippen LogP) is -0.357. The Morgan fingerprint density at radius 2 is 1.95 bits per heavy atom. The molecule has 7 heteroatoms. The Labute approximate surface area is 110 Å². The van der Waals surface area contributed by atoms with E-state index in [1.165, 1.54) is 0 Å². The van der Waals surface area contributed by atoms with Gasteiger partial charge in [0.25, 0.3) is 5.78 Å². The second-order valence-electron chi connectivity index (χ2n) is 5.13. The molecule has 108 valence electrons. The third kappa shape index (κ3) is 2.16. The average Bonchev–Trinajstić information content (AvgIpc) is 2.71. The third-order valence-corrected chi connectivity index (χ3v) is 4.16. The maximum atomic E-state index is 11.7. The van der Waals surface area contributed by atoms with Gasteiger partial charge in [-0.25, -0.2) is 9.68 Å². The van der Waals surface area contributed by atoms with Gasteiger partial charge < -0.3 is 14.9 Å². The van der Waals surface area contributed by atoms with E-state index in [0.717, 1.165) is 19.3 Å². The molecule has 1 aliphatic carbocycles. The highest BCUT2D eigenvalue weighted by molar-refractivity contribution is 6.37. The number of hydrogen-bond donors (Lipinski definition) is 3.